The van der Waals surface area contributed by atoms with Gasteiger partial charge in [-0.3, -0.25) is 0 Å². The van der Waals surface area contributed by atoms with Crippen LogP contribution in [0.25, 0.3) is 11.3 Å². The zero-order valence-electron chi connectivity index (χ0n) is 20.4. The van der Waals surface area contributed by atoms with Gasteiger partial charge in [-0.1, -0.05) is 30.3 Å². The van der Waals surface area contributed by atoms with E-state index in [2.05, 4.69) is 25.2 Å². The summed E-state index contributed by atoms with van der Waals surface area (Å²) in [6.07, 6.45) is 1.73. The molecule has 0 radical (unpaired) electrons. The average Bonchev–Trinajstić information content (AvgIpc) is 2.90. The molecule has 3 N–H and O–H groups in total. The van der Waals surface area contributed by atoms with Crippen LogP contribution in [-0.2, 0) is 9.47 Å². The van der Waals surface area contributed by atoms with Crippen molar-refractivity contribution in [2.45, 2.75) is 0 Å². The number of anilines is 4. The summed E-state index contributed by atoms with van der Waals surface area (Å²) in [7, 11) is 3.36. The molecule has 4 rings (SSSR count). The summed E-state index contributed by atoms with van der Waals surface area (Å²) in [5, 5.41) is 3.28. The molecule has 2 aromatic heterocycles. The van der Waals surface area contributed by atoms with Crippen LogP contribution in [0.1, 0.15) is 0 Å². The molecule has 0 fully saturated rings. The third-order valence-electron chi connectivity index (χ3n) is 5.35. The number of hydrogen-bond donors (Lipinski definition) is 2. The molecule has 0 aliphatic carbocycles. The van der Waals surface area contributed by atoms with E-state index < -0.39 is 0 Å². The molecular weight excluding hydrogens is 456 g/mol. The molecule has 0 saturated heterocycles. The number of nitrogens with zero attached hydrogens (tertiary/aromatic N) is 4. The van der Waals surface area contributed by atoms with Crippen LogP contribution in [0.5, 0.6) is 11.5 Å². The molecule has 4 aromatic rings. The molecule has 0 unspecified atom stereocenters. The summed E-state index contributed by atoms with van der Waals surface area (Å²) < 4.78 is 16.5. The van der Waals surface area contributed by atoms with Gasteiger partial charge in [0, 0.05) is 56.9 Å². The summed E-state index contributed by atoms with van der Waals surface area (Å²) >= 11 is 0. The Hall–Kier alpha value is -4.21. The van der Waals surface area contributed by atoms with Crippen LogP contribution < -0.4 is 20.7 Å². The van der Waals surface area contributed by atoms with Gasteiger partial charge in [0.25, 0.3) is 0 Å². The number of aromatic nitrogens is 3. The second-order valence-electron chi connectivity index (χ2n) is 7.94. The molecular formula is C27H30N6O3. The lowest BCUT2D eigenvalue weighted by molar-refractivity contribution is 0.190. The smallest absolute Gasteiger partial charge is 0.222 e. The first-order valence-corrected chi connectivity index (χ1v) is 11.6. The van der Waals surface area contributed by atoms with Crippen molar-refractivity contribution in [3.8, 4) is 22.8 Å². The summed E-state index contributed by atoms with van der Waals surface area (Å²) in [5.41, 5.74) is 8.51. The predicted molar refractivity (Wildman–Crippen MR) is 142 cm³/mol. The van der Waals surface area contributed by atoms with E-state index in [9.17, 15) is 0 Å². The van der Waals surface area contributed by atoms with E-state index in [4.69, 9.17) is 19.9 Å². The normalized spacial score (nSPS) is 10.7. The fourth-order valence-electron chi connectivity index (χ4n) is 3.56. The molecule has 186 valence electrons. The van der Waals surface area contributed by atoms with Crippen LogP contribution in [0.4, 0.5) is 23.3 Å². The number of nitrogen functional groups attached to an aromatic ring is 1. The van der Waals surface area contributed by atoms with Gasteiger partial charge in [0.1, 0.15) is 23.1 Å². The predicted octanol–water partition coefficient (Wildman–Crippen LogP) is 4.76. The lowest BCUT2D eigenvalue weighted by atomic mass is 10.1. The zero-order chi connectivity index (χ0) is 25.2. The number of methoxy groups -OCH3 is 2. The van der Waals surface area contributed by atoms with E-state index in [1.54, 1.807) is 20.4 Å². The summed E-state index contributed by atoms with van der Waals surface area (Å²) in [4.78, 5) is 15.2. The maximum absolute atomic E-state index is 6.08. The van der Waals surface area contributed by atoms with Gasteiger partial charge in [-0.2, -0.15) is 4.98 Å². The Morgan fingerprint density at radius 1 is 0.833 bits per heavy atom. The van der Waals surface area contributed by atoms with Gasteiger partial charge >= 0.3 is 0 Å². The molecule has 0 atom stereocenters. The molecule has 9 heteroatoms. The Kier molecular flexibility index (Phi) is 8.63. The lowest BCUT2D eigenvalue weighted by Gasteiger charge is -2.23. The molecule has 0 saturated carbocycles. The summed E-state index contributed by atoms with van der Waals surface area (Å²) in [6, 6.07) is 23.1. The van der Waals surface area contributed by atoms with E-state index in [0.717, 1.165) is 22.8 Å². The van der Waals surface area contributed by atoms with E-state index in [0.29, 0.717) is 43.6 Å². The van der Waals surface area contributed by atoms with E-state index in [1.165, 1.54) is 0 Å². The highest BCUT2D eigenvalue weighted by atomic mass is 16.5. The molecule has 2 heterocycles. The molecule has 0 amide bonds. The second-order valence-corrected chi connectivity index (χ2v) is 7.94. The molecule has 0 bridgehead atoms. The Morgan fingerprint density at radius 3 is 2.25 bits per heavy atom. The Balaban J connectivity index is 1.44. The first-order valence-electron chi connectivity index (χ1n) is 11.6. The van der Waals surface area contributed by atoms with Crippen LogP contribution in [0.3, 0.4) is 0 Å². The van der Waals surface area contributed by atoms with Crippen molar-refractivity contribution in [3.05, 3.63) is 79.0 Å². The summed E-state index contributed by atoms with van der Waals surface area (Å²) in [6.45, 7) is 2.60. The van der Waals surface area contributed by atoms with E-state index in [-0.39, 0.29) is 5.95 Å². The van der Waals surface area contributed by atoms with Crippen molar-refractivity contribution in [2.75, 3.05) is 56.5 Å². The number of rotatable bonds is 12. The first kappa shape index (κ1) is 24.9. The third-order valence-corrected chi connectivity index (χ3v) is 5.35. The standard InChI is InChI=1S/C27H30N6O3/c1-34-16-14-33(15-17-35-2)26-18-23(12-13-29-26)36-22-10-8-21(9-11-22)30-25-19-24(31-27(28)32-25)20-6-4-3-5-7-20/h3-13,18-19H,14-17H2,1-2H3,(H3,28,30,31,32). The number of benzene rings is 2. The number of ether oxygens (including phenoxy) is 3. The monoisotopic (exact) mass is 486 g/mol. The molecule has 9 nitrogen and oxygen atoms in total. The van der Waals surface area contributed by atoms with Gasteiger partial charge in [-0.25, -0.2) is 9.97 Å². The topological polar surface area (TPSA) is 108 Å². The fraction of sp³-hybridized carbons (Fsp3) is 0.222. The Labute approximate surface area is 210 Å². The largest absolute Gasteiger partial charge is 0.457 e. The molecule has 36 heavy (non-hydrogen) atoms. The van der Waals surface area contributed by atoms with Gasteiger partial charge in [0.2, 0.25) is 5.95 Å². The van der Waals surface area contributed by atoms with Gasteiger partial charge in [-0.05, 0) is 30.3 Å². The highest BCUT2D eigenvalue weighted by Crippen LogP contribution is 2.27. The molecule has 0 aliphatic heterocycles. The van der Waals surface area contributed by atoms with Crippen molar-refractivity contribution in [2.24, 2.45) is 0 Å². The third kappa shape index (κ3) is 6.91. The Morgan fingerprint density at radius 2 is 1.56 bits per heavy atom. The highest BCUT2D eigenvalue weighted by molar-refractivity contribution is 5.67. The van der Waals surface area contributed by atoms with Gasteiger partial charge in [-0.15, -0.1) is 0 Å². The van der Waals surface area contributed by atoms with E-state index in [1.807, 2.05) is 72.8 Å². The van der Waals surface area contributed by atoms with Crippen LogP contribution in [0, 0.1) is 0 Å². The van der Waals surface area contributed by atoms with E-state index >= 15 is 0 Å². The number of nitrogens with two attached hydrogens (primary N) is 1. The first-order chi connectivity index (χ1) is 17.6. The average molecular weight is 487 g/mol. The molecule has 0 spiro atoms. The lowest BCUT2D eigenvalue weighted by Crippen LogP contribution is -2.31. The summed E-state index contributed by atoms with van der Waals surface area (Å²) in [5.74, 6) is 3.01. The van der Waals surface area contributed by atoms with Gasteiger partial charge in [0.05, 0.1) is 18.9 Å². The minimum atomic E-state index is 0.206. The highest BCUT2D eigenvalue weighted by Gasteiger charge is 2.10. The zero-order valence-corrected chi connectivity index (χ0v) is 20.4. The van der Waals surface area contributed by atoms with Crippen molar-refractivity contribution in [1.29, 1.82) is 0 Å². The van der Waals surface area contributed by atoms with Gasteiger partial charge in [0.15, 0.2) is 0 Å². The van der Waals surface area contributed by atoms with Crippen molar-refractivity contribution in [3.63, 3.8) is 0 Å². The Bertz CT molecular complexity index is 1230. The quantitative estimate of drug-likeness (QED) is 0.293. The SMILES string of the molecule is COCCN(CCOC)c1cc(Oc2ccc(Nc3cc(-c4ccccc4)nc(N)n3)cc2)ccn1. The number of hydrogen-bond acceptors (Lipinski definition) is 9. The molecule has 2 aromatic carbocycles. The second kappa shape index (κ2) is 12.5. The van der Waals surface area contributed by atoms with Gasteiger partial charge < -0.3 is 30.2 Å². The number of nitrogens with one attached hydrogen (secondary N) is 1. The fourth-order valence-corrected chi connectivity index (χ4v) is 3.56. The van der Waals surface area contributed by atoms with Crippen molar-refractivity contribution in [1.82, 2.24) is 15.0 Å². The molecule has 0 aliphatic rings. The maximum atomic E-state index is 6.08. The van der Waals surface area contributed by atoms with Crippen molar-refractivity contribution >= 4 is 23.3 Å². The minimum absolute atomic E-state index is 0.206. The maximum Gasteiger partial charge on any atom is 0.222 e. The van der Waals surface area contributed by atoms with Crippen LogP contribution >= 0.6 is 0 Å². The van der Waals surface area contributed by atoms with Crippen molar-refractivity contribution < 1.29 is 14.2 Å². The van der Waals surface area contributed by atoms with Crippen LogP contribution in [0.2, 0.25) is 0 Å². The van der Waals surface area contributed by atoms with Crippen LogP contribution in [-0.4, -0.2) is 55.5 Å². The minimum Gasteiger partial charge on any atom is -0.457 e. The van der Waals surface area contributed by atoms with Crippen LogP contribution in [0.15, 0.2) is 79.0 Å². The number of pyridine rings is 1.